The van der Waals surface area contributed by atoms with E-state index in [4.69, 9.17) is 21.3 Å². The Hall–Kier alpha value is -5.21. The summed E-state index contributed by atoms with van der Waals surface area (Å²) in [6.07, 6.45) is -4.85. The van der Waals surface area contributed by atoms with Crippen molar-refractivity contribution in [3.8, 4) is 29.1 Å². The van der Waals surface area contributed by atoms with E-state index in [0.29, 0.717) is 0 Å². The summed E-state index contributed by atoms with van der Waals surface area (Å²) < 4.78 is 154. The lowest BCUT2D eigenvalue weighted by Crippen LogP contribution is -2.24. The van der Waals surface area contributed by atoms with Gasteiger partial charge >= 0.3 is 5.76 Å². The van der Waals surface area contributed by atoms with Gasteiger partial charge in [0.1, 0.15) is 52.5 Å². The van der Waals surface area contributed by atoms with Gasteiger partial charge in [0.15, 0.2) is 15.5 Å². The second-order valence-electron chi connectivity index (χ2n) is 12.4. The number of sulfone groups is 2. The lowest BCUT2D eigenvalue weighted by Gasteiger charge is -2.19. The van der Waals surface area contributed by atoms with E-state index in [1.165, 1.54) is 18.2 Å². The number of hydrogen-bond acceptors (Lipinski definition) is 9. The molecule has 0 fully saturated rings. The van der Waals surface area contributed by atoms with Crippen LogP contribution in [0.3, 0.4) is 0 Å². The number of nitriles is 1. The molecule has 2 aliphatic carbocycles. The highest BCUT2D eigenvalue weighted by molar-refractivity contribution is 7.91. The molecule has 0 aromatic heterocycles. The topological polar surface area (TPSA) is 155 Å². The molecule has 54 heavy (non-hydrogen) atoms. The molecule has 0 saturated heterocycles. The Morgan fingerprint density at radius 1 is 0.833 bits per heavy atom. The van der Waals surface area contributed by atoms with Gasteiger partial charge in [-0.15, -0.1) is 0 Å². The molecule has 3 atom stereocenters. The third-order valence-corrected chi connectivity index (χ3v) is 11.0. The fourth-order valence-corrected chi connectivity index (χ4v) is 7.91. The van der Waals surface area contributed by atoms with Gasteiger partial charge in [0, 0.05) is 53.5 Å². The van der Waals surface area contributed by atoms with E-state index >= 15 is 0 Å². The smallest absolute Gasteiger partial charge is 0.341 e. The SMILES string of the molecule is CC1(F)Cc2c(Oc3cc(F)cc(C#N)c3)ccc(S(=O)(=O)C(F)F)c2C1O.[C-]#[N+]c1cc(F)cc(Oc2ccc(S(C)(=O)=O)c3c2CC(F)(F)[C@H]3O)c1. The number of nitrogens with zero attached hydrogens (tertiary/aromatic N) is 2. The van der Waals surface area contributed by atoms with Gasteiger partial charge in [-0.25, -0.2) is 43.6 Å². The number of rotatable bonds is 7. The van der Waals surface area contributed by atoms with Crippen molar-refractivity contribution < 1.29 is 67.3 Å². The molecule has 0 bridgehead atoms. The number of fused-ring (bicyclic) bond motifs is 2. The standard InChI is InChI=1S/C18H13F4NO4S.C17H12F3NO4S/c1-18(22)7-12-13(27-11-5-9(8-23)4-10(19)6-11)2-3-14(15(12)16(18)24)28(25,26)17(20)21;1-21-10-5-9(18)6-11(7-10)25-13-3-4-14(26(2,23)24)15-12(13)8-17(19,20)16(15)22/h2-6,16-17,24H,7H2,1H3;3-7,16,22H,8H2,2H3/t;16-/m.0/s1. The number of benzene rings is 4. The Kier molecular flexibility index (Phi) is 10.5. The van der Waals surface area contributed by atoms with E-state index in [-0.39, 0.29) is 45.4 Å². The minimum Gasteiger partial charge on any atom is -0.458 e. The lowest BCUT2D eigenvalue weighted by molar-refractivity contribution is -0.0976. The van der Waals surface area contributed by atoms with Crippen molar-refractivity contribution in [1.82, 2.24) is 0 Å². The molecule has 0 aliphatic heterocycles. The Morgan fingerprint density at radius 3 is 1.89 bits per heavy atom. The fraction of sp³-hybridized carbons (Fsp3) is 0.257. The van der Waals surface area contributed by atoms with E-state index in [1.54, 1.807) is 6.07 Å². The van der Waals surface area contributed by atoms with Crippen LogP contribution in [0.4, 0.5) is 36.4 Å². The van der Waals surface area contributed by atoms with Crippen LogP contribution in [0.25, 0.3) is 4.85 Å². The van der Waals surface area contributed by atoms with Gasteiger partial charge in [0.25, 0.3) is 5.92 Å². The molecule has 4 aromatic carbocycles. The van der Waals surface area contributed by atoms with E-state index in [1.807, 2.05) is 0 Å². The summed E-state index contributed by atoms with van der Waals surface area (Å²) in [4.78, 5) is 1.77. The van der Waals surface area contributed by atoms with Crippen molar-refractivity contribution in [2.24, 2.45) is 0 Å². The summed E-state index contributed by atoms with van der Waals surface area (Å²) in [6, 6.07) is 12.0. The number of hydrogen-bond donors (Lipinski definition) is 2. The first kappa shape index (κ1) is 40.0. The molecule has 4 aromatic rings. The fourth-order valence-electron chi connectivity index (χ4n) is 5.97. The molecule has 2 N–H and O–H groups in total. The third-order valence-electron chi connectivity index (χ3n) is 8.38. The Balaban J connectivity index is 0.000000208. The molecule has 0 spiro atoms. The molecule has 0 radical (unpaired) electrons. The van der Waals surface area contributed by atoms with Crippen LogP contribution in [0.1, 0.15) is 46.9 Å². The Labute approximate surface area is 303 Å². The van der Waals surface area contributed by atoms with Gasteiger partial charge < -0.3 is 19.7 Å². The number of halogens is 7. The summed E-state index contributed by atoms with van der Waals surface area (Å²) in [7, 11) is -8.98. The van der Waals surface area contributed by atoms with Crippen LogP contribution in [-0.4, -0.2) is 50.7 Å². The highest BCUT2D eigenvalue weighted by Gasteiger charge is 2.51. The first-order chi connectivity index (χ1) is 25.0. The average Bonchev–Trinajstić information content (AvgIpc) is 3.47. The van der Waals surface area contributed by atoms with Crippen LogP contribution in [0.5, 0.6) is 23.0 Å². The van der Waals surface area contributed by atoms with Crippen LogP contribution >= 0.6 is 0 Å². The van der Waals surface area contributed by atoms with Crippen LogP contribution in [0, 0.1) is 29.5 Å². The maximum absolute atomic E-state index is 14.7. The second-order valence-corrected chi connectivity index (χ2v) is 16.3. The number of aliphatic hydroxyl groups is 2. The highest BCUT2D eigenvalue weighted by atomic mass is 32.2. The molecule has 284 valence electrons. The zero-order valence-electron chi connectivity index (χ0n) is 27.6. The third kappa shape index (κ3) is 7.71. The van der Waals surface area contributed by atoms with Crippen LogP contribution in [-0.2, 0) is 32.5 Å². The summed E-state index contributed by atoms with van der Waals surface area (Å²) in [5.41, 5.74) is -3.65. The van der Waals surface area contributed by atoms with E-state index in [9.17, 15) is 57.8 Å². The molecular formula is C35H25F7N2O8S2. The van der Waals surface area contributed by atoms with Gasteiger partial charge in [-0.1, -0.05) is 0 Å². The van der Waals surface area contributed by atoms with E-state index in [0.717, 1.165) is 55.6 Å². The summed E-state index contributed by atoms with van der Waals surface area (Å²) in [6.45, 7) is 7.91. The van der Waals surface area contributed by atoms with Crippen molar-refractivity contribution in [1.29, 1.82) is 5.26 Å². The Bertz CT molecular complexity index is 2480. The summed E-state index contributed by atoms with van der Waals surface area (Å²) in [5, 5.41) is 29.0. The lowest BCUT2D eigenvalue weighted by atomic mass is 10.0. The van der Waals surface area contributed by atoms with Gasteiger partial charge in [0.05, 0.1) is 28.0 Å². The number of aliphatic hydroxyl groups excluding tert-OH is 2. The minimum absolute atomic E-state index is 0.0465. The van der Waals surface area contributed by atoms with Crippen molar-refractivity contribution in [3.05, 3.63) is 112 Å². The first-order valence-corrected chi connectivity index (χ1v) is 18.6. The predicted octanol–water partition coefficient (Wildman–Crippen LogP) is 7.60. The van der Waals surface area contributed by atoms with Crippen molar-refractivity contribution >= 4 is 25.4 Å². The molecule has 0 saturated carbocycles. The molecule has 6 rings (SSSR count). The minimum atomic E-state index is -5.11. The second kappa shape index (κ2) is 14.2. The maximum atomic E-state index is 14.7. The van der Waals surface area contributed by atoms with Crippen LogP contribution in [0.15, 0.2) is 70.5 Å². The van der Waals surface area contributed by atoms with E-state index in [2.05, 4.69) is 4.85 Å². The molecule has 2 aliphatic rings. The van der Waals surface area contributed by atoms with Gasteiger partial charge in [-0.05, 0) is 55.5 Å². The molecule has 19 heteroatoms. The van der Waals surface area contributed by atoms with Gasteiger partial charge in [-0.3, -0.25) is 0 Å². The quantitative estimate of drug-likeness (QED) is 0.142. The average molecular weight is 799 g/mol. The number of ether oxygens (including phenoxy) is 2. The summed E-state index contributed by atoms with van der Waals surface area (Å²) >= 11 is 0. The molecular weight excluding hydrogens is 774 g/mol. The molecule has 10 nitrogen and oxygen atoms in total. The first-order valence-electron chi connectivity index (χ1n) is 15.2. The Morgan fingerprint density at radius 2 is 1.35 bits per heavy atom. The van der Waals surface area contributed by atoms with Gasteiger partial charge in [0.2, 0.25) is 9.84 Å². The zero-order valence-corrected chi connectivity index (χ0v) is 29.3. The van der Waals surface area contributed by atoms with Crippen molar-refractivity contribution in [2.75, 3.05) is 6.26 Å². The van der Waals surface area contributed by atoms with E-state index < -0.39 is 94.6 Å². The molecule has 2 unspecified atom stereocenters. The maximum Gasteiger partial charge on any atom is 0.341 e. The van der Waals surface area contributed by atoms with Crippen LogP contribution < -0.4 is 9.47 Å². The monoisotopic (exact) mass is 798 g/mol. The zero-order chi connectivity index (χ0) is 40.1. The van der Waals surface area contributed by atoms with Gasteiger partial charge in [-0.2, -0.15) is 14.0 Å². The highest BCUT2D eigenvalue weighted by Crippen LogP contribution is 2.51. The van der Waals surface area contributed by atoms with Crippen LogP contribution in [0.2, 0.25) is 0 Å². The molecule has 0 amide bonds. The number of alkyl halides is 5. The summed E-state index contributed by atoms with van der Waals surface area (Å²) in [5.74, 6) is -9.36. The van der Waals surface area contributed by atoms with Crippen molar-refractivity contribution in [3.63, 3.8) is 0 Å². The van der Waals surface area contributed by atoms with Crippen molar-refractivity contribution in [2.45, 2.75) is 59.1 Å². The largest absolute Gasteiger partial charge is 0.458 e. The molecule has 0 heterocycles. The predicted molar refractivity (Wildman–Crippen MR) is 175 cm³/mol. The normalized spacial score (nSPS) is 19.9.